The van der Waals surface area contributed by atoms with Crippen molar-refractivity contribution in [2.45, 2.75) is 18.9 Å². The number of likely N-dealkylation sites (tertiary alicyclic amines) is 1. The van der Waals surface area contributed by atoms with E-state index in [-0.39, 0.29) is 13.1 Å². The van der Waals surface area contributed by atoms with E-state index in [9.17, 15) is 13.6 Å². The first-order valence-corrected chi connectivity index (χ1v) is 7.28. The summed E-state index contributed by atoms with van der Waals surface area (Å²) in [5, 5.41) is 9.84. The molecule has 0 radical (unpaired) electrons. The molecule has 1 atom stereocenters. The van der Waals surface area contributed by atoms with Gasteiger partial charge in [0.15, 0.2) is 0 Å². The van der Waals surface area contributed by atoms with Crippen LogP contribution in [-0.2, 0) is 11.3 Å². The van der Waals surface area contributed by atoms with E-state index >= 15 is 0 Å². The number of alkyl halides is 2. The number of nitrogens with zero attached hydrogens (tertiary/aromatic N) is 1. The molecule has 1 saturated heterocycles. The molecule has 5 nitrogen and oxygen atoms in total. The zero-order valence-corrected chi connectivity index (χ0v) is 12.6. The molecular formula is C16H17F2NO4. The number of fused-ring (bicyclic) bond motifs is 1. The highest BCUT2D eigenvalue weighted by Crippen LogP contribution is 2.34. The number of benzene rings is 1. The first-order valence-electron chi connectivity index (χ1n) is 7.28. The predicted octanol–water partition coefficient (Wildman–Crippen LogP) is 2.98. The van der Waals surface area contributed by atoms with Gasteiger partial charge in [-0.3, -0.25) is 9.69 Å². The average Bonchev–Trinajstić information content (AvgIpc) is 2.89. The smallest absolute Gasteiger partial charge is 0.313 e. The van der Waals surface area contributed by atoms with Gasteiger partial charge in [-0.1, -0.05) is 0 Å². The molecule has 1 unspecified atom stereocenters. The first kappa shape index (κ1) is 15.7. The van der Waals surface area contributed by atoms with Crippen molar-refractivity contribution < 1.29 is 27.8 Å². The third-order valence-corrected chi connectivity index (χ3v) is 4.16. The van der Waals surface area contributed by atoms with Crippen LogP contribution in [0.4, 0.5) is 8.78 Å². The van der Waals surface area contributed by atoms with Crippen LogP contribution in [0.3, 0.4) is 0 Å². The van der Waals surface area contributed by atoms with E-state index in [0.717, 1.165) is 5.39 Å². The molecule has 1 fully saturated rings. The maximum atomic E-state index is 13.6. The van der Waals surface area contributed by atoms with E-state index in [2.05, 4.69) is 0 Å². The number of halogens is 2. The SMILES string of the molecule is COc1ccc2oc(CN3CCC(F)(F)C(C(=O)O)C3)cc2c1. The van der Waals surface area contributed by atoms with Crippen LogP contribution in [0.1, 0.15) is 12.2 Å². The lowest BCUT2D eigenvalue weighted by Gasteiger charge is -2.35. The highest BCUT2D eigenvalue weighted by molar-refractivity contribution is 5.79. The number of furan rings is 1. The molecule has 0 amide bonds. The number of rotatable bonds is 4. The second-order valence-electron chi connectivity index (χ2n) is 5.75. The summed E-state index contributed by atoms with van der Waals surface area (Å²) in [4.78, 5) is 12.7. The predicted molar refractivity (Wildman–Crippen MR) is 78.7 cm³/mol. The summed E-state index contributed by atoms with van der Waals surface area (Å²) in [7, 11) is 1.57. The van der Waals surface area contributed by atoms with Gasteiger partial charge in [0.2, 0.25) is 0 Å². The van der Waals surface area contributed by atoms with Crippen molar-refractivity contribution in [1.82, 2.24) is 4.90 Å². The van der Waals surface area contributed by atoms with Crippen LogP contribution in [0.5, 0.6) is 5.75 Å². The van der Waals surface area contributed by atoms with E-state index in [0.29, 0.717) is 23.6 Å². The summed E-state index contributed by atoms with van der Waals surface area (Å²) in [5.41, 5.74) is 0.679. The summed E-state index contributed by atoms with van der Waals surface area (Å²) in [6.07, 6.45) is -0.460. The van der Waals surface area contributed by atoms with Crippen LogP contribution >= 0.6 is 0 Å². The number of ether oxygens (including phenoxy) is 1. The van der Waals surface area contributed by atoms with Gasteiger partial charge in [0.05, 0.1) is 13.7 Å². The van der Waals surface area contributed by atoms with E-state index < -0.39 is 24.2 Å². The van der Waals surface area contributed by atoms with Gasteiger partial charge in [0, 0.05) is 24.9 Å². The zero-order valence-electron chi connectivity index (χ0n) is 12.6. The largest absolute Gasteiger partial charge is 0.497 e. The van der Waals surface area contributed by atoms with E-state index in [4.69, 9.17) is 14.3 Å². The Balaban J connectivity index is 1.75. The molecule has 7 heteroatoms. The Bertz CT molecular complexity index is 728. The van der Waals surface area contributed by atoms with Crippen molar-refractivity contribution >= 4 is 16.9 Å². The number of aliphatic carboxylic acids is 1. The molecule has 1 aromatic carbocycles. The average molecular weight is 325 g/mol. The fraction of sp³-hybridized carbons (Fsp3) is 0.438. The minimum atomic E-state index is -3.16. The molecule has 2 heterocycles. The quantitative estimate of drug-likeness (QED) is 0.936. The van der Waals surface area contributed by atoms with Gasteiger partial charge in [-0.25, -0.2) is 8.78 Å². The molecule has 1 aliphatic rings. The van der Waals surface area contributed by atoms with Crippen LogP contribution < -0.4 is 4.74 Å². The standard InChI is InChI=1S/C16H17F2NO4/c1-22-11-2-3-14-10(6-11)7-12(23-14)8-19-5-4-16(17,18)13(9-19)15(20)21/h2-3,6-7,13H,4-5,8-9H2,1H3,(H,20,21). The first-order chi connectivity index (χ1) is 10.9. The zero-order chi connectivity index (χ0) is 16.6. The maximum Gasteiger partial charge on any atom is 0.313 e. The molecule has 0 bridgehead atoms. The van der Waals surface area contributed by atoms with Gasteiger partial charge in [0.25, 0.3) is 5.92 Å². The summed E-state index contributed by atoms with van der Waals surface area (Å²) >= 11 is 0. The summed E-state index contributed by atoms with van der Waals surface area (Å²) < 4.78 is 38.1. The van der Waals surface area contributed by atoms with Gasteiger partial charge in [0.1, 0.15) is 23.0 Å². The van der Waals surface area contributed by atoms with Crippen LogP contribution in [-0.4, -0.2) is 42.1 Å². The van der Waals surface area contributed by atoms with Crippen LogP contribution in [0, 0.1) is 5.92 Å². The van der Waals surface area contributed by atoms with Gasteiger partial charge in [-0.05, 0) is 24.3 Å². The topological polar surface area (TPSA) is 62.9 Å². The number of carboxylic acid groups (broad SMARTS) is 1. The van der Waals surface area contributed by atoms with Crippen molar-refractivity contribution in [3.8, 4) is 5.75 Å². The van der Waals surface area contributed by atoms with Crippen molar-refractivity contribution in [2.24, 2.45) is 5.92 Å². The Morgan fingerprint density at radius 1 is 1.48 bits per heavy atom. The fourth-order valence-corrected chi connectivity index (χ4v) is 2.87. The highest BCUT2D eigenvalue weighted by atomic mass is 19.3. The summed E-state index contributed by atoms with van der Waals surface area (Å²) in [5.74, 6) is -4.99. The number of carbonyl (C=O) groups is 1. The van der Waals surface area contributed by atoms with E-state index in [1.165, 1.54) is 0 Å². The van der Waals surface area contributed by atoms with Gasteiger partial charge >= 0.3 is 5.97 Å². The Morgan fingerprint density at radius 3 is 2.96 bits per heavy atom. The lowest BCUT2D eigenvalue weighted by atomic mass is 9.93. The van der Waals surface area contributed by atoms with Crippen molar-refractivity contribution in [2.75, 3.05) is 20.2 Å². The second-order valence-corrected chi connectivity index (χ2v) is 5.75. The molecule has 1 aliphatic heterocycles. The number of hydrogen-bond donors (Lipinski definition) is 1. The lowest BCUT2D eigenvalue weighted by molar-refractivity contribution is -0.167. The molecule has 0 aliphatic carbocycles. The van der Waals surface area contributed by atoms with Crippen LogP contribution in [0.25, 0.3) is 11.0 Å². The third-order valence-electron chi connectivity index (χ3n) is 4.16. The Morgan fingerprint density at radius 2 is 2.26 bits per heavy atom. The maximum absolute atomic E-state index is 13.6. The molecule has 124 valence electrons. The second kappa shape index (κ2) is 5.81. The Labute approximate surface area is 131 Å². The third kappa shape index (κ3) is 3.14. The molecule has 23 heavy (non-hydrogen) atoms. The minimum absolute atomic E-state index is 0.136. The molecule has 1 N–H and O–H groups in total. The number of carboxylic acids is 1. The summed E-state index contributed by atoms with van der Waals surface area (Å²) in [6.45, 7) is 0.247. The lowest BCUT2D eigenvalue weighted by Crippen LogP contribution is -2.49. The van der Waals surface area contributed by atoms with Crippen LogP contribution in [0.15, 0.2) is 28.7 Å². The molecular weight excluding hydrogens is 308 g/mol. The van der Waals surface area contributed by atoms with E-state index in [1.807, 2.05) is 12.1 Å². The molecule has 0 spiro atoms. The molecule has 1 aromatic heterocycles. The highest BCUT2D eigenvalue weighted by Gasteiger charge is 2.48. The Hall–Kier alpha value is -2.15. The van der Waals surface area contributed by atoms with Crippen molar-refractivity contribution in [1.29, 1.82) is 0 Å². The molecule has 0 saturated carbocycles. The number of hydrogen-bond acceptors (Lipinski definition) is 4. The normalized spacial score (nSPS) is 21.4. The van der Waals surface area contributed by atoms with Gasteiger partial charge < -0.3 is 14.3 Å². The van der Waals surface area contributed by atoms with Gasteiger partial charge in [-0.15, -0.1) is 0 Å². The van der Waals surface area contributed by atoms with E-state index in [1.54, 1.807) is 24.1 Å². The van der Waals surface area contributed by atoms with Crippen molar-refractivity contribution in [3.63, 3.8) is 0 Å². The summed E-state index contributed by atoms with van der Waals surface area (Å²) in [6, 6.07) is 7.20. The number of methoxy groups -OCH3 is 1. The van der Waals surface area contributed by atoms with Gasteiger partial charge in [-0.2, -0.15) is 0 Å². The van der Waals surface area contributed by atoms with Crippen LogP contribution in [0.2, 0.25) is 0 Å². The molecule has 2 aromatic rings. The number of piperidine rings is 1. The minimum Gasteiger partial charge on any atom is -0.497 e. The van der Waals surface area contributed by atoms with Crippen molar-refractivity contribution in [3.05, 3.63) is 30.0 Å². The fourth-order valence-electron chi connectivity index (χ4n) is 2.87. The monoisotopic (exact) mass is 325 g/mol. The molecule has 3 rings (SSSR count). The Kier molecular flexibility index (Phi) is 3.97.